The quantitative estimate of drug-likeness (QED) is 0.817. The fourth-order valence-corrected chi connectivity index (χ4v) is 3.31. The predicted octanol–water partition coefficient (Wildman–Crippen LogP) is 1.94. The van der Waals surface area contributed by atoms with E-state index in [9.17, 15) is 13.2 Å². The van der Waals surface area contributed by atoms with Gasteiger partial charge in [0.1, 0.15) is 5.75 Å². The Bertz CT molecular complexity index is 848. The van der Waals surface area contributed by atoms with Crippen LogP contribution in [0.4, 0.5) is 0 Å². The van der Waals surface area contributed by atoms with Gasteiger partial charge >= 0.3 is 0 Å². The standard InChI is InChI=1S/C18H22N2O4S/c1-14-7-6-9-16(11-14)24-13-18(21)19-12-15-8-4-5-10-17(15)25(22,23)20(2)3/h4-11H,12-13H2,1-3H3,(H,19,21). The maximum atomic E-state index is 12.3. The molecule has 2 rings (SSSR count). The Kier molecular flexibility index (Phi) is 6.17. The average Bonchev–Trinajstić information content (AvgIpc) is 2.58. The maximum Gasteiger partial charge on any atom is 0.258 e. The van der Waals surface area contributed by atoms with Crippen LogP contribution in [-0.2, 0) is 21.4 Å². The van der Waals surface area contributed by atoms with Gasteiger partial charge in [0, 0.05) is 20.6 Å². The van der Waals surface area contributed by atoms with Gasteiger partial charge in [-0.05, 0) is 36.2 Å². The molecule has 0 aliphatic heterocycles. The van der Waals surface area contributed by atoms with E-state index in [2.05, 4.69) is 5.32 Å². The zero-order valence-corrected chi connectivity index (χ0v) is 15.3. The molecule has 134 valence electrons. The summed E-state index contributed by atoms with van der Waals surface area (Å²) in [5, 5.41) is 2.69. The second-order valence-corrected chi connectivity index (χ2v) is 7.90. The molecule has 2 aromatic carbocycles. The molecular weight excluding hydrogens is 340 g/mol. The summed E-state index contributed by atoms with van der Waals surface area (Å²) < 4.78 is 31.2. The molecule has 0 aliphatic carbocycles. The molecule has 0 bridgehead atoms. The Morgan fingerprint density at radius 2 is 1.84 bits per heavy atom. The zero-order chi connectivity index (χ0) is 18.4. The van der Waals surface area contributed by atoms with E-state index in [1.165, 1.54) is 20.2 Å². The number of rotatable bonds is 7. The van der Waals surface area contributed by atoms with Gasteiger partial charge in [-0.3, -0.25) is 4.79 Å². The topological polar surface area (TPSA) is 75.7 Å². The summed E-state index contributed by atoms with van der Waals surface area (Å²) in [6.07, 6.45) is 0. The molecule has 0 aliphatic rings. The summed E-state index contributed by atoms with van der Waals surface area (Å²) in [7, 11) is -0.619. The lowest BCUT2D eigenvalue weighted by atomic mass is 10.2. The van der Waals surface area contributed by atoms with Crippen molar-refractivity contribution in [2.45, 2.75) is 18.4 Å². The SMILES string of the molecule is Cc1cccc(OCC(=O)NCc2ccccc2S(=O)(=O)N(C)C)c1. The van der Waals surface area contributed by atoms with Crippen LogP contribution in [0.2, 0.25) is 0 Å². The summed E-state index contributed by atoms with van der Waals surface area (Å²) in [5.41, 5.74) is 1.57. The van der Waals surface area contributed by atoms with Crippen molar-refractivity contribution in [2.24, 2.45) is 0 Å². The van der Waals surface area contributed by atoms with Crippen molar-refractivity contribution in [3.63, 3.8) is 0 Å². The summed E-state index contributed by atoms with van der Waals surface area (Å²) >= 11 is 0. The second kappa shape index (κ2) is 8.13. The third-order valence-electron chi connectivity index (χ3n) is 3.57. The lowest BCUT2D eigenvalue weighted by Crippen LogP contribution is -2.30. The summed E-state index contributed by atoms with van der Waals surface area (Å²) in [5.74, 6) is 0.296. The molecule has 2 aromatic rings. The molecule has 0 aromatic heterocycles. The van der Waals surface area contributed by atoms with Crippen molar-refractivity contribution in [1.82, 2.24) is 9.62 Å². The molecule has 0 heterocycles. The van der Waals surface area contributed by atoms with Gasteiger partial charge in [0.25, 0.3) is 5.91 Å². The first-order valence-corrected chi connectivity index (χ1v) is 9.21. The van der Waals surface area contributed by atoms with Crippen molar-refractivity contribution in [3.05, 3.63) is 59.7 Å². The average molecular weight is 362 g/mol. The van der Waals surface area contributed by atoms with Crippen molar-refractivity contribution >= 4 is 15.9 Å². The third kappa shape index (κ3) is 5.04. The lowest BCUT2D eigenvalue weighted by molar-refractivity contribution is -0.123. The van der Waals surface area contributed by atoms with Gasteiger partial charge in [0.2, 0.25) is 10.0 Å². The number of aryl methyl sites for hydroxylation is 1. The number of sulfonamides is 1. The molecule has 6 nitrogen and oxygen atoms in total. The van der Waals surface area contributed by atoms with E-state index in [1.54, 1.807) is 24.3 Å². The van der Waals surface area contributed by atoms with Crippen molar-refractivity contribution in [3.8, 4) is 5.75 Å². The number of nitrogens with zero attached hydrogens (tertiary/aromatic N) is 1. The van der Waals surface area contributed by atoms with Crippen LogP contribution in [0.3, 0.4) is 0 Å². The fraction of sp³-hybridized carbons (Fsp3) is 0.278. The Hall–Kier alpha value is -2.38. The molecule has 0 unspecified atom stereocenters. The first-order valence-electron chi connectivity index (χ1n) is 7.77. The molecule has 0 atom stereocenters. The predicted molar refractivity (Wildman–Crippen MR) is 95.8 cm³/mol. The highest BCUT2D eigenvalue weighted by atomic mass is 32.2. The number of carbonyl (C=O) groups excluding carboxylic acids is 1. The number of benzene rings is 2. The van der Waals surface area contributed by atoms with Gasteiger partial charge in [-0.1, -0.05) is 30.3 Å². The zero-order valence-electron chi connectivity index (χ0n) is 14.5. The van der Waals surface area contributed by atoms with Crippen LogP contribution in [0.1, 0.15) is 11.1 Å². The van der Waals surface area contributed by atoms with Crippen LogP contribution in [0.25, 0.3) is 0 Å². The van der Waals surface area contributed by atoms with Gasteiger partial charge in [0.15, 0.2) is 6.61 Å². The summed E-state index contributed by atoms with van der Waals surface area (Å²) in [6, 6.07) is 14.0. The largest absolute Gasteiger partial charge is 0.484 e. The Morgan fingerprint density at radius 1 is 1.12 bits per heavy atom. The fourth-order valence-electron chi connectivity index (χ4n) is 2.20. The highest BCUT2D eigenvalue weighted by Gasteiger charge is 2.20. The summed E-state index contributed by atoms with van der Waals surface area (Å²) in [6.45, 7) is 1.92. The van der Waals surface area contributed by atoms with E-state index >= 15 is 0 Å². The first-order chi connectivity index (χ1) is 11.8. The van der Waals surface area contributed by atoms with Gasteiger partial charge in [-0.15, -0.1) is 0 Å². The highest BCUT2D eigenvalue weighted by Crippen LogP contribution is 2.18. The highest BCUT2D eigenvalue weighted by molar-refractivity contribution is 7.89. The molecule has 7 heteroatoms. The van der Waals surface area contributed by atoms with Gasteiger partial charge < -0.3 is 10.1 Å². The van der Waals surface area contributed by atoms with E-state index in [4.69, 9.17) is 4.74 Å². The molecule has 25 heavy (non-hydrogen) atoms. The Labute approximate surface area is 148 Å². The van der Waals surface area contributed by atoms with E-state index in [0.29, 0.717) is 11.3 Å². The summed E-state index contributed by atoms with van der Waals surface area (Å²) in [4.78, 5) is 12.2. The number of hydrogen-bond donors (Lipinski definition) is 1. The first kappa shape index (κ1) is 19.0. The Morgan fingerprint density at radius 3 is 2.52 bits per heavy atom. The van der Waals surface area contributed by atoms with Gasteiger partial charge in [-0.2, -0.15) is 0 Å². The van der Waals surface area contributed by atoms with Gasteiger partial charge in [-0.25, -0.2) is 12.7 Å². The molecule has 0 saturated heterocycles. The van der Waals surface area contributed by atoms with E-state index < -0.39 is 10.0 Å². The second-order valence-electron chi connectivity index (χ2n) is 5.78. The molecule has 0 saturated carbocycles. The monoisotopic (exact) mass is 362 g/mol. The minimum Gasteiger partial charge on any atom is -0.484 e. The van der Waals surface area contributed by atoms with E-state index in [-0.39, 0.29) is 24.0 Å². The van der Waals surface area contributed by atoms with Gasteiger partial charge in [0.05, 0.1) is 4.90 Å². The molecule has 0 fully saturated rings. The molecule has 0 spiro atoms. The van der Waals surface area contributed by atoms with Crippen molar-refractivity contribution in [1.29, 1.82) is 0 Å². The molecular formula is C18H22N2O4S. The number of amides is 1. The normalized spacial score (nSPS) is 11.4. The Balaban J connectivity index is 1.98. The minimum absolute atomic E-state index is 0.110. The van der Waals surface area contributed by atoms with E-state index in [1.807, 2.05) is 25.1 Å². The van der Waals surface area contributed by atoms with Crippen LogP contribution >= 0.6 is 0 Å². The van der Waals surface area contributed by atoms with Crippen molar-refractivity contribution in [2.75, 3.05) is 20.7 Å². The number of hydrogen-bond acceptors (Lipinski definition) is 4. The number of carbonyl (C=O) groups is 1. The van der Waals surface area contributed by atoms with Crippen LogP contribution in [-0.4, -0.2) is 39.3 Å². The lowest BCUT2D eigenvalue weighted by Gasteiger charge is -2.15. The number of ether oxygens (including phenoxy) is 1. The van der Waals surface area contributed by atoms with Crippen LogP contribution < -0.4 is 10.1 Å². The van der Waals surface area contributed by atoms with Crippen LogP contribution in [0, 0.1) is 6.92 Å². The van der Waals surface area contributed by atoms with Crippen LogP contribution in [0.5, 0.6) is 5.75 Å². The minimum atomic E-state index is -3.56. The van der Waals surface area contributed by atoms with Crippen molar-refractivity contribution < 1.29 is 17.9 Å². The maximum absolute atomic E-state index is 12.3. The molecule has 1 N–H and O–H groups in total. The molecule has 1 amide bonds. The third-order valence-corrected chi connectivity index (χ3v) is 5.48. The van der Waals surface area contributed by atoms with Crippen LogP contribution in [0.15, 0.2) is 53.4 Å². The van der Waals surface area contributed by atoms with E-state index in [0.717, 1.165) is 9.87 Å². The number of nitrogens with one attached hydrogen (secondary N) is 1. The smallest absolute Gasteiger partial charge is 0.258 e. The molecule has 0 radical (unpaired) electrons.